The van der Waals surface area contributed by atoms with Crippen molar-refractivity contribution in [2.45, 2.75) is 45.5 Å². The van der Waals surface area contributed by atoms with Crippen molar-refractivity contribution in [1.29, 1.82) is 0 Å². The van der Waals surface area contributed by atoms with E-state index in [1.165, 1.54) is 12.1 Å². The molecule has 4 rings (SSSR count). The topological polar surface area (TPSA) is 64.5 Å². The van der Waals surface area contributed by atoms with E-state index in [9.17, 15) is 4.39 Å². The van der Waals surface area contributed by atoms with Crippen molar-refractivity contribution in [3.63, 3.8) is 0 Å². The third kappa shape index (κ3) is 3.84. The number of fused-ring (bicyclic) bond motifs is 2. The molecule has 2 aromatic heterocycles. The summed E-state index contributed by atoms with van der Waals surface area (Å²) in [4.78, 5) is 10.5. The molecule has 0 amide bonds. The summed E-state index contributed by atoms with van der Waals surface area (Å²) in [7, 11) is -0.0886. The molecule has 0 saturated carbocycles. The highest BCUT2D eigenvalue weighted by molar-refractivity contribution is 6.74. The fourth-order valence-corrected chi connectivity index (χ4v) is 3.75. The number of oxazole rings is 2. The molecule has 0 atom stereocenters. The van der Waals surface area contributed by atoms with Gasteiger partial charge in [0.05, 0.1) is 6.61 Å². The molecule has 4 aromatic rings. The van der Waals surface area contributed by atoms with Crippen LogP contribution in [0.5, 0.6) is 0 Å². The summed E-state index contributed by atoms with van der Waals surface area (Å²) >= 11 is 0. The molecular formula is C22H26FN3O3Si. The zero-order valence-corrected chi connectivity index (χ0v) is 19.1. The maximum Gasteiger partial charge on any atom is 0.306 e. The molecule has 0 saturated heterocycles. The predicted molar refractivity (Wildman–Crippen MR) is 118 cm³/mol. The van der Waals surface area contributed by atoms with Crippen molar-refractivity contribution in [2.24, 2.45) is 0 Å². The lowest BCUT2D eigenvalue weighted by Crippen LogP contribution is -2.40. The molecule has 2 aromatic carbocycles. The Bertz CT molecular complexity index is 1210. The van der Waals surface area contributed by atoms with Gasteiger partial charge < -0.3 is 13.3 Å². The number of aromatic nitrogens is 2. The fraction of sp³-hybridized carbons (Fsp3) is 0.364. The molecule has 30 heavy (non-hydrogen) atoms. The molecule has 0 aliphatic heterocycles. The summed E-state index contributed by atoms with van der Waals surface area (Å²) in [6.45, 7) is 11.7. The van der Waals surface area contributed by atoms with Crippen LogP contribution in [0.4, 0.5) is 16.4 Å². The molecule has 0 spiro atoms. The van der Waals surface area contributed by atoms with Crippen molar-refractivity contribution in [3.8, 4) is 0 Å². The highest BCUT2D eigenvalue weighted by Gasteiger charge is 2.37. The van der Waals surface area contributed by atoms with Crippen LogP contribution in [0.25, 0.3) is 22.2 Å². The number of anilines is 2. The standard InChI is InChI=1S/C22H26FN3O3Si/c1-22(2,3)30(5,6)27-13-14-7-9-18-16(11-14)24-20(28-18)26(4)21-25-17-12-15(23)8-10-19(17)29-21/h7-12H,13H2,1-6H3. The molecular weight excluding hydrogens is 401 g/mol. The van der Waals surface area contributed by atoms with Gasteiger partial charge in [-0.2, -0.15) is 9.97 Å². The normalized spacial score (nSPS) is 12.8. The quantitative estimate of drug-likeness (QED) is 0.344. The molecule has 0 fully saturated rings. The third-order valence-electron chi connectivity index (χ3n) is 5.76. The second kappa shape index (κ2) is 7.21. The van der Waals surface area contributed by atoms with E-state index in [1.54, 1.807) is 18.0 Å². The molecule has 0 bridgehead atoms. The van der Waals surface area contributed by atoms with Crippen LogP contribution in [0.2, 0.25) is 18.1 Å². The monoisotopic (exact) mass is 427 g/mol. The Hall–Kier alpha value is -2.71. The van der Waals surface area contributed by atoms with Gasteiger partial charge in [-0.25, -0.2) is 4.39 Å². The minimum absolute atomic E-state index is 0.156. The Labute approximate surface area is 175 Å². The highest BCUT2D eigenvalue weighted by atomic mass is 28.4. The van der Waals surface area contributed by atoms with E-state index in [1.807, 2.05) is 18.2 Å². The van der Waals surface area contributed by atoms with Gasteiger partial charge in [0.1, 0.15) is 16.9 Å². The second-order valence-corrected chi connectivity index (χ2v) is 13.8. The van der Waals surface area contributed by atoms with Gasteiger partial charge in [-0.15, -0.1) is 0 Å². The minimum atomic E-state index is -1.83. The van der Waals surface area contributed by atoms with Gasteiger partial charge >= 0.3 is 12.0 Å². The Morgan fingerprint density at radius 2 is 1.53 bits per heavy atom. The SMILES string of the molecule is CN(c1nc2cc(F)ccc2o1)c1nc2cc(CO[Si](C)(C)C(C)(C)C)ccc2o1. The van der Waals surface area contributed by atoms with Crippen LogP contribution >= 0.6 is 0 Å². The largest absolute Gasteiger partial charge is 0.423 e. The first-order chi connectivity index (χ1) is 14.0. The summed E-state index contributed by atoms with van der Waals surface area (Å²) in [5, 5.41) is 0.156. The maximum atomic E-state index is 13.4. The first kappa shape index (κ1) is 20.6. The molecule has 6 nitrogen and oxygen atoms in total. The van der Waals surface area contributed by atoms with Crippen molar-refractivity contribution in [1.82, 2.24) is 9.97 Å². The van der Waals surface area contributed by atoms with Crippen LogP contribution < -0.4 is 4.90 Å². The third-order valence-corrected chi connectivity index (χ3v) is 10.2. The molecule has 8 heteroatoms. The van der Waals surface area contributed by atoms with Crippen molar-refractivity contribution in [3.05, 3.63) is 47.8 Å². The van der Waals surface area contributed by atoms with E-state index in [0.29, 0.717) is 29.3 Å². The Morgan fingerprint density at radius 3 is 2.13 bits per heavy atom. The van der Waals surface area contributed by atoms with Crippen LogP contribution in [0, 0.1) is 5.82 Å². The van der Waals surface area contributed by atoms with Crippen LogP contribution in [-0.2, 0) is 11.0 Å². The van der Waals surface area contributed by atoms with Crippen molar-refractivity contribution >= 4 is 42.5 Å². The zero-order valence-electron chi connectivity index (χ0n) is 18.1. The summed E-state index contributed by atoms with van der Waals surface area (Å²) in [5.74, 6) is -0.362. The number of rotatable bonds is 5. The summed E-state index contributed by atoms with van der Waals surface area (Å²) in [6, 6.07) is 10.7. The molecule has 158 valence electrons. The summed E-state index contributed by atoms with van der Waals surface area (Å²) in [6.07, 6.45) is 0. The summed E-state index contributed by atoms with van der Waals surface area (Å²) in [5.41, 5.74) is 3.38. The predicted octanol–water partition coefficient (Wildman–Crippen LogP) is 6.40. The second-order valence-electron chi connectivity index (χ2n) is 9.02. The Balaban J connectivity index is 1.57. The van der Waals surface area contributed by atoms with E-state index >= 15 is 0 Å². The Morgan fingerprint density at radius 1 is 0.967 bits per heavy atom. The van der Waals surface area contributed by atoms with E-state index in [0.717, 1.165) is 11.1 Å². The first-order valence-electron chi connectivity index (χ1n) is 9.87. The number of halogens is 1. The fourth-order valence-electron chi connectivity index (χ4n) is 2.79. The maximum absolute atomic E-state index is 13.4. The molecule has 0 aliphatic rings. The van der Waals surface area contributed by atoms with E-state index < -0.39 is 8.32 Å². The lowest BCUT2D eigenvalue weighted by molar-refractivity contribution is 0.276. The van der Waals surface area contributed by atoms with Gasteiger partial charge in [-0.3, -0.25) is 4.90 Å². The van der Waals surface area contributed by atoms with Crippen molar-refractivity contribution in [2.75, 3.05) is 11.9 Å². The van der Waals surface area contributed by atoms with Crippen molar-refractivity contribution < 1.29 is 17.7 Å². The Kier molecular flexibility index (Phi) is 4.94. The number of benzene rings is 2. The molecule has 0 aliphatic carbocycles. The van der Waals surface area contributed by atoms with Gasteiger partial charge in [0, 0.05) is 13.1 Å². The van der Waals surface area contributed by atoms with Gasteiger partial charge in [0.25, 0.3) is 0 Å². The molecule has 2 heterocycles. The number of hydrogen-bond donors (Lipinski definition) is 0. The first-order valence-corrected chi connectivity index (χ1v) is 12.8. The average molecular weight is 428 g/mol. The molecule has 0 unspecified atom stereocenters. The lowest BCUT2D eigenvalue weighted by atomic mass is 10.2. The van der Waals surface area contributed by atoms with Crippen LogP contribution in [0.15, 0.2) is 45.2 Å². The van der Waals surface area contributed by atoms with Crippen LogP contribution in [0.1, 0.15) is 26.3 Å². The zero-order chi connectivity index (χ0) is 21.7. The van der Waals surface area contributed by atoms with Gasteiger partial charge in [0.15, 0.2) is 19.5 Å². The van der Waals surface area contributed by atoms with Crippen LogP contribution in [0.3, 0.4) is 0 Å². The summed E-state index contributed by atoms with van der Waals surface area (Å²) < 4.78 is 31.3. The average Bonchev–Trinajstić information content (AvgIpc) is 3.28. The minimum Gasteiger partial charge on any atom is -0.423 e. The lowest BCUT2D eigenvalue weighted by Gasteiger charge is -2.36. The van der Waals surface area contributed by atoms with Gasteiger partial charge in [0.2, 0.25) is 0 Å². The van der Waals surface area contributed by atoms with Gasteiger partial charge in [-0.1, -0.05) is 26.8 Å². The van der Waals surface area contributed by atoms with Crippen LogP contribution in [-0.4, -0.2) is 25.3 Å². The number of nitrogens with zero attached hydrogens (tertiary/aromatic N) is 3. The highest BCUT2D eigenvalue weighted by Crippen LogP contribution is 2.37. The molecule has 0 N–H and O–H groups in total. The van der Waals surface area contributed by atoms with E-state index in [2.05, 4.69) is 43.8 Å². The van der Waals surface area contributed by atoms with E-state index in [-0.39, 0.29) is 16.9 Å². The number of hydrogen-bond acceptors (Lipinski definition) is 6. The van der Waals surface area contributed by atoms with E-state index in [4.69, 9.17) is 13.3 Å². The molecule has 0 radical (unpaired) electrons. The smallest absolute Gasteiger partial charge is 0.306 e. The van der Waals surface area contributed by atoms with Gasteiger partial charge in [-0.05, 0) is 48.0 Å².